The Hall–Kier alpha value is 0.907. The van der Waals surface area contributed by atoms with E-state index >= 15 is 0 Å². The third-order valence-corrected chi connectivity index (χ3v) is 1.98. The van der Waals surface area contributed by atoms with Crippen molar-refractivity contribution >= 4 is 29.5 Å². The van der Waals surface area contributed by atoms with E-state index in [0.717, 1.165) is 13.0 Å². The van der Waals surface area contributed by atoms with Crippen LogP contribution in [0.1, 0.15) is 19.8 Å². The summed E-state index contributed by atoms with van der Waals surface area (Å²) in [5.41, 5.74) is 0. The summed E-state index contributed by atoms with van der Waals surface area (Å²) in [5, 5.41) is 0. The number of rotatable bonds is 6. The van der Waals surface area contributed by atoms with Gasteiger partial charge in [0.2, 0.25) is 0 Å². The van der Waals surface area contributed by atoms with Crippen molar-refractivity contribution in [3.8, 4) is 0 Å². The SMILES string of the molecule is [Li][CH](CCSC)OCCC. The fourth-order valence-corrected chi connectivity index (χ4v) is 1.25. The second-order valence-electron chi connectivity index (χ2n) is 2.46. The molecule has 0 radical (unpaired) electrons. The van der Waals surface area contributed by atoms with Gasteiger partial charge in [-0.2, -0.15) is 0 Å². The van der Waals surface area contributed by atoms with Gasteiger partial charge in [-0.25, -0.2) is 0 Å². The van der Waals surface area contributed by atoms with Crippen LogP contribution in [0.3, 0.4) is 0 Å². The fourth-order valence-electron chi connectivity index (χ4n) is 0.686. The summed E-state index contributed by atoms with van der Waals surface area (Å²) in [6, 6.07) is 0. The van der Waals surface area contributed by atoms with E-state index in [1.165, 1.54) is 12.2 Å². The zero-order chi connectivity index (χ0) is 7.82. The topological polar surface area (TPSA) is 9.23 Å². The molecule has 0 saturated heterocycles. The van der Waals surface area contributed by atoms with E-state index in [-0.39, 0.29) is 0 Å². The van der Waals surface area contributed by atoms with Crippen LogP contribution in [-0.4, -0.2) is 41.1 Å². The monoisotopic (exact) mass is 154 g/mol. The van der Waals surface area contributed by atoms with Crippen molar-refractivity contribution in [2.24, 2.45) is 0 Å². The standard InChI is InChI=1S/C7H15OS.Li/c1-3-5-8-6-4-7-9-2;/h6H,3-5,7H2,1-2H3;. The summed E-state index contributed by atoms with van der Waals surface area (Å²) in [5.74, 6) is 1.21. The van der Waals surface area contributed by atoms with E-state index in [0.29, 0.717) is 4.78 Å². The van der Waals surface area contributed by atoms with E-state index in [1.807, 2.05) is 11.8 Å². The third kappa shape index (κ3) is 7.02. The molecule has 0 aliphatic heterocycles. The average Bonchev–Trinajstić information content (AvgIpc) is 1.97. The predicted octanol–water partition coefficient (Wildman–Crippen LogP) is 1.66. The van der Waals surface area contributed by atoms with Crippen LogP contribution in [0.2, 0.25) is 0 Å². The van der Waals surface area contributed by atoms with E-state index in [2.05, 4.69) is 30.9 Å². The number of hydrogen-bond donors (Lipinski definition) is 0. The molecule has 0 heterocycles. The summed E-state index contributed by atoms with van der Waals surface area (Å²) in [6.07, 6.45) is 4.44. The maximum absolute atomic E-state index is 5.48. The van der Waals surface area contributed by atoms with Crippen LogP contribution in [-0.2, 0) is 4.74 Å². The molecular weight excluding hydrogens is 139 g/mol. The third-order valence-electron chi connectivity index (χ3n) is 1.33. The first-order valence-electron chi connectivity index (χ1n) is 3.91. The summed E-state index contributed by atoms with van der Waals surface area (Å²) >= 11 is 4.03. The van der Waals surface area contributed by atoms with Crippen molar-refractivity contribution in [3.05, 3.63) is 0 Å². The van der Waals surface area contributed by atoms with Crippen molar-refractivity contribution in [2.45, 2.75) is 24.5 Å². The van der Waals surface area contributed by atoms with Crippen LogP contribution in [0.4, 0.5) is 0 Å². The van der Waals surface area contributed by atoms with Crippen LogP contribution < -0.4 is 0 Å². The zero-order valence-electron chi connectivity index (χ0n) is 7.22. The normalized spacial score (nSPS) is 13.6. The van der Waals surface area contributed by atoms with Gasteiger partial charge < -0.3 is 0 Å². The first kappa shape index (κ1) is 10.9. The van der Waals surface area contributed by atoms with Gasteiger partial charge in [0.25, 0.3) is 0 Å². The first-order valence-corrected chi connectivity index (χ1v) is 5.31. The molecule has 0 aliphatic carbocycles. The molecule has 0 amide bonds. The van der Waals surface area contributed by atoms with Crippen LogP contribution in [0.15, 0.2) is 0 Å². The van der Waals surface area contributed by atoms with Gasteiger partial charge in [0.05, 0.1) is 0 Å². The molecular formula is C7H15LiOS. The predicted molar refractivity (Wildman–Crippen MR) is 48.8 cm³/mol. The van der Waals surface area contributed by atoms with E-state index in [9.17, 15) is 0 Å². The molecule has 0 fully saturated rings. The Balaban J connectivity index is 3.00. The Morgan fingerprint density at radius 3 is 2.80 bits per heavy atom. The molecule has 0 aromatic heterocycles. The van der Waals surface area contributed by atoms with Crippen LogP contribution in [0.25, 0.3) is 0 Å². The van der Waals surface area contributed by atoms with Crippen molar-refractivity contribution in [3.63, 3.8) is 0 Å². The molecule has 1 unspecified atom stereocenters. The van der Waals surface area contributed by atoms with Gasteiger partial charge in [-0.05, 0) is 0 Å². The summed E-state index contributed by atoms with van der Waals surface area (Å²) in [7, 11) is 0. The second kappa shape index (κ2) is 8.01. The molecule has 3 heteroatoms. The van der Waals surface area contributed by atoms with E-state index < -0.39 is 0 Å². The first-order chi connectivity index (χ1) is 4.81. The molecule has 0 aromatic carbocycles. The quantitative estimate of drug-likeness (QED) is 0.538. The Labute approximate surface area is 77.5 Å². The molecule has 0 bridgehead atoms. The molecule has 0 aliphatic rings. The molecule has 0 spiro atoms. The minimum absolute atomic E-state index is 0.451. The van der Waals surface area contributed by atoms with Gasteiger partial charge in [-0.1, -0.05) is 0 Å². The molecule has 1 nitrogen and oxygen atoms in total. The Kier molecular flexibility index (Phi) is 8.74. The van der Waals surface area contributed by atoms with Gasteiger partial charge in [0.1, 0.15) is 0 Å². The van der Waals surface area contributed by atoms with Crippen molar-refractivity contribution in [1.82, 2.24) is 0 Å². The van der Waals surface area contributed by atoms with Crippen LogP contribution in [0.5, 0.6) is 0 Å². The molecule has 0 rings (SSSR count). The molecule has 0 saturated carbocycles. The van der Waals surface area contributed by atoms with Crippen LogP contribution in [0, 0.1) is 0 Å². The van der Waals surface area contributed by atoms with Gasteiger partial charge in [-0.3, -0.25) is 0 Å². The molecule has 0 N–H and O–H groups in total. The molecule has 10 heavy (non-hydrogen) atoms. The number of hydrogen-bond acceptors (Lipinski definition) is 2. The minimum atomic E-state index is 0.451. The van der Waals surface area contributed by atoms with Crippen molar-refractivity contribution in [2.75, 3.05) is 18.6 Å². The number of thioether (sulfide) groups is 1. The molecule has 56 valence electrons. The van der Waals surface area contributed by atoms with Crippen LogP contribution >= 0.6 is 11.8 Å². The number of ether oxygens (including phenoxy) is 1. The summed E-state index contributed by atoms with van der Waals surface area (Å²) < 4.78 is 5.93. The Morgan fingerprint density at radius 2 is 2.30 bits per heavy atom. The van der Waals surface area contributed by atoms with Gasteiger partial charge >= 0.3 is 77.4 Å². The van der Waals surface area contributed by atoms with Crippen molar-refractivity contribution in [1.29, 1.82) is 0 Å². The van der Waals surface area contributed by atoms with Gasteiger partial charge in [0.15, 0.2) is 0 Å². The van der Waals surface area contributed by atoms with Gasteiger partial charge in [0, 0.05) is 0 Å². The Bertz CT molecular complexity index is 62.6. The molecule has 0 aromatic rings. The van der Waals surface area contributed by atoms with Gasteiger partial charge in [-0.15, -0.1) is 0 Å². The summed E-state index contributed by atoms with van der Waals surface area (Å²) in [6.45, 7) is 3.05. The molecule has 1 atom stereocenters. The van der Waals surface area contributed by atoms with E-state index in [1.54, 1.807) is 0 Å². The fraction of sp³-hybridized carbons (Fsp3) is 1.00. The zero-order valence-corrected chi connectivity index (χ0v) is 8.04. The Morgan fingerprint density at radius 1 is 1.60 bits per heavy atom. The average molecular weight is 154 g/mol. The van der Waals surface area contributed by atoms with E-state index in [4.69, 9.17) is 4.74 Å². The maximum atomic E-state index is 5.48. The summed E-state index contributed by atoms with van der Waals surface area (Å²) in [4.78, 5) is 0. The van der Waals surface area contributed by atoms with Crippen molar-refractivity contribution < 1.29 is 4.74 Å². The second-order valence-corrected chi connectivity index (χ2v) is 3.45.